The van der Waals surface area contributed by atoms with Crippen molar-refractivity contribution in [3.8, 4) is 28.5 Å². The van der Waals surface area contributed by atoms with Gasteiger partial charge in [0.05, 0.1) is 16.9 Å². The van der Waals surface area contributed by atoms with Gasteiger partial charge in [0, 0.05) is 16.7 Å². The van der Waals surface area contributed by atoms with Crippen LogP contribution in [0.25, 0.3) is 21.5 Å². The number of halogens is 3. The maximum atomic E-state index is 14.6. The first-order chi connectivity index (χ1) is 20.8. The van der Waals surface area contributed by atoms with Gasteiger partial charge in [-0.25, -0.2) is 14.4 Å². The lowest BCUT2D eigenvalue weighted by atomic mass is 9.81. The minimum atomic E-state index is -3.84. The second-order valence-corrected chi connectivity index (χ2v) is 12.3. The van der Waals surface area contributed by atoms with Gasteiger partial charge in [0.25, 0.3) is 5.91 Å². The Hall–Kier alpha value is -4.63. The molecular formula is C29H24F3N5O6S. The number of thiazole rings is 1. The smallest absolute Gasteiger partial charge is 0.489 e. The van der Waals surface area contributed by atoms with Crippen LogP contribution in [0.2, 0.25) is 0 Å². The number of carbonyl (C=O) groups is 2. The summed E-state index contributed by atoms with van der Waals surface area (Å²) in [5, 5.41) is 14.9. The molecule has 2 aromatic heterocycles. The monoisotopic (exact) mass is 627 g/mol. The van der Waals surface area contributed by atoms with Crippen molar-refractivity contribution in [2.75, 3.05) is 18.9 Å². The van der Waals surface area contributed by atoms with Crippen LogP contribution < -0.4 is 31.0 Å². The summed E-state index contributed by atoms with van der Waals surface area (Å²) < 4.78 is 57.5. The fraction of sp³-hybridized carbons (Fsp3) is 0.310. The van der Waals surface area contributed by atoms with Gasteiger partial charge in [0.1, 0.15) is 34.6 Å². The maximum Gasteiger partial charge on any atom is 0.586 e. The van der Waals surface area contributed by atoms with E-state index in [1.807, 2.05) is 0 Å². The van der Waals surface area contributed by atoms with Gasteiger partial charge in [0.2, 0.25) is 5.91 Å². The predicted octanol–water partition coefficient (Wildman–Crippen LogP) is 3.56. The number of rotatable bonds is 7. The summed E-state index contributed by atoms with van der Waals surface area (Å²) in [5.41, 5.74) is 9.35. The molecule has 2 aromatic carbocycles. The quantitative estimate of drug-likeness (QED) is 0.239. The lowest BCUT2D eigenvalue weighted by molar-refractivity contribution is -0.286. The molecular weight excluding hydrogens is 603 g/mol. The topological polar surface area (TPSA) is 172 Å². The number of amides is 2. The molecule has 0 saturated heterocycles. The van der Waals surface area contributed by atoms with Crippen LogP contribution in [0.4, 0.5) is 18.3 Å². The number of aromatic nitrogens is 2. The average Bonchev–Trinajstić information content (AvgIpc) is 3.57. The number of pyridine rings is 1. The summed E-state index contributed by atoms with van der Waals surface area (Å²) in [4.78, 5) is 34.4. The molecule has 1 aliphatic carbocycles. The number of hydrogen-bond acceptors (Lipinski definition) is 10. The van der Waals surface area contributed by atoms with E-state index in [-0.39, 0.29) is 69.5 Å². The zero-order chi connectivity index (χ0) is 31.2. The molecule has 0 radical (unpaired) electrons. The number of benzene rings is 2. The van der Waals surface area contributed by atoms with Gasteiger partial charge >= 0.3 is 6.29 Å². The van der Waals surface area contributed by atoms with E-state index in [1.165, 1.54) is 30.3 Å². The number of carbonyl (C=O) groups excluding carboxylic acids is 2. The SMILES string of the molecule is C[C@]1(C(N)=O)COc2c1cc([C@@](O)(CNC(=O)c1cc(F)c3nc(N)sc3c1)C1CC1)nc2-c1ccc2c(c1)OC(F)(F)O2. The number of nitrogen functional groups attached to an aromatic ring is 1. The van der Waals surface area contributed by atoms with Gasteiger partial charge in [-0.1, -0.05) is 11.3 Å². The molecule has 44 heavy (non-hydrogen) atoms. The van der Waals surface area contributed by atoms with Crippen LogP contribution in [0, 0.1) is 11.7 Å². The molecule has 4 aromatic rings. The molecule has 1 saturated carbocycles. The van der Waals surface area contributed by atoms with Crippen LogP contribution in [-0.4, -0.2) is 46.3 Å². The largest absolute Gasteiger partial charge is 0.586 e. The van der Waals surface area contributed by atoms with Crippen molar-refractivity contribution < 1.29 is 42.1 Å². The standard InChI is InChI=1S/C29H24F3N5O6S/c1-27(25(33)39)11-41-23-15(27)9-20(36-21(23)12-2-5-17-18(7-12)43-29(31,32)42-17)28(40,14-3-4-14)10-35-24(38)13-6-16(30)22-19(8-13)44-26(34)37-22/h2,5-9,14,40H,3-4,10-11H2,1H3,(H2,33,39)(H2,34,37)(H,35,38)/t27-,28+/m0/s1. The third-order valence-corrected chi connectivity index (χ3v) is 9.06. The molecule has 228 valence electrons. The Balaban J connectivity index is 1.28. The number of fused-ring (bicyclic) bond motifs is 3. The normalized spacial score (nSPS) is 21.0. The summed E-state index contributed by atoms with van der Waals surface area (Å²) in [5.74, 6) is -2.60. The minimum Gasteiger partial charge on any atom is -0.489 e. The molecule has 11 nitrogen and oxygen atoms in total. The molecule has 2 aliphatic heterocycles. The number of primary amides is 1. The van der Waals surface area contributed by atoms with Crippen LogP contribution in [0.5, 0.6) is 17.2 Å². The molecule has 15 heteroatoms. The number of nitrogens with one attached hydrogen (secondary N) is 1. The fourth-order valence-corrected chi connectivity index (χ4v) is 6.35. The molecule has 7 rings (SSSR count). The van der Waals surface area contributed by atoms with E-state index in [1.54, 1.807) is 6.92 Å². The van der Waals surface area contributed by atoms with Crippen molar-refractivity contribution >= 4 is 38.5 Å². The van der Waals surface area contributed by atoms with E-state index in [0.717, 1.165) is 17.4 Å². The number of ether oxygens (including phenoxy) is 3. The first-order valence-corrected chi connectivity index (χ1v) is 14.3. The second-order valence-electron chi connectivity index (χ2n) is 11.3. The number of hydrogen-bond donors (Lipinski definition) is 4. The van der Waals surface area contributed by atoms with Crippen LogP contribution >= 0.6 is 11.3 Å². The summed E-state index contributed by atoms with van der Waals surface area (Å²) >= 11 is 1.03. The Kier molecular flexibility index (Phi) is 6.04. The summed E-state index contributed by atoms with van der Waals surface area (Å²) in [6.45, 7) is 1.16. The molecule has 0 unspecified atom stereocenters. The van der Waals surface area contributed by atoms with Crippen molar-refractivity contribution in [1.29, 1.82) is 0 Å². The van der Waals surface area contributed by atoms with Gasteiger partial charge in [-0.2, -0.15) is 0 Å². The molecule has 1 fully saturated rings. The van der Waals surface area contributed by atoms with Crippen LogP contribution in [0.15, 0.2) is 36.4 Å². The highest BCUT2D eigenvalue weighted by Crippen LogP contribution is 2.51. The molecule has 3 aliphatic rings. The fourth-order valence-electron chi connectivity index (χ4n) is 5.56. The van der Waals surface area contributed by atoms with Crippen LogP contribution in [0.3, 0.4) is 0 Å². The second kappa shape index (κ2) is 9.43. The Morgan fingerprint density at radius 2 is 1.91 bits per heavy atom. The number of nitrogens with zero attached hydrogens (tertiary/aromatic N) is 2. The van der Waals surface area contributed by atoms with E-state index >= 15 is 0 Å². The Morgan fingerprint density at radius 3 is 2.64 bits per heavy atom. The Bertz CT molecular complexity index is 1900. The highest BCUT2D eigenvalue weighted by atomic mass is 32.1. The maximum absolute atomic E-state index is 14.6. The van der Waals surface area contributed by atoms with Gasteiger partial charge in [-0.3, -0.25) is 9.59 Å². The first kappa shape index (κ1) is 28.2. The van der Waals surface area contributed by atoms with Crippen molar-refractivity contribution in [1.82, 2.24) is 15.3 Å². The first-order valence-electron chi connectivity index (χ1n) is 13.5. The average molecular weight is 628 g/mol. The van der Waals surface area contributed by atoms with E-state index in [2.05, 4.69) is 19.8 Å². The zero-order valence-corrected chi connectivity index (χ0v) is 23.8. The number of anilines is 1. The number of nitrogens with two attached hydrogens (primary N) is 2. The van der Waals surface area contributed by atoms with E-state index in [9.17, 15) is 27.9 Å². The molecule has 2 amide bonds. The minimum absolute atomic E-state index is 0.00580. The van der Waals surface area contributed by atoms with Gasteiger partial charge in [0.15, 0.2) is 22.4 Å². The van der Waals surface area contributed by atoms with E-state index in [4.69, 9.17) is 21.2 Å². The highest BCUT2D eigenvalue weighted by molar-refractivity contribution is 7.22. The predicted molar refractivity (Wildman–Crippen MR) is 151 cm³/mol. The summed E-state index contributed by atoms with van der Waals surface area (Å²) in [6.07, 6.45) is -2.61. The van der Waals surface area contributed by atoms with Crippen LogP contribution in [0.1, 0.15) is 41.4 Å². The third-order valence-electron chi connectivity index (χ3n) is 8.23. The zero-order valence-electron chi connectivity index (χ0n) is 22.9. The number of alkyl halides is 2. The van der Waals surface area contributed by atoms with Crippen LogP contribution in [-0.2, 0) is 15.8 Å². The third kappa shape index (κ3) is 4.45. The van der Waals surface area contributed by atoms with Crippen molar-refractivity contribution in [2.24, 2.45) is 11.7 Å². The van der Waals surface area contributed by atoms with Gasteiger partial charge in [-0.15, -0.1) is 8.78 Å². The molecule has 4 heterocycles. The molecule has 6 N–H and O–H groups in total. The lowest BCUT2D eigenvalue weighted by Crippen LogP contribution is -2.44. The Labute approximate surface area is 250 Å². The van der Waals surface area contributed by atoms with Crippen molar-refractivity contribution in [3.63, 3.8) is 0 Å². The summed E-state index contributed by atoms with van der Waals surface area (Å²) in [7, 11) is 0. The van der Waals surface area contributed by atoms with Crippen molar-refractivity contribution in [3.05, 3.63) is 59.0 Å². The highest BCUT2D eigenvalue weighted by Gasteiger charge is 2.50. The molecule has 0 bridgehead atoms. The van der Waals surface area contributed by atoms with Gasteiger partial charge in [-0.05, 0) is 62.1 Å². The van der Waals surface area contributed by atoms with Crippen molar-refractivity contribution in [2.45, 2.75) is 37.1 Å². The van der Waals surface area contributed by atoms with Gasteiger partial charge < -0.3 is 36.1 Å². The van der Waals surface area contributed by atoms with E-state index < -0.39 is 34.9 Å². The van der Waals surface area contributed by atoms with E-state index in [0.29, 0.717) is 23.1 Å². The lowest BCUT2D eigenvalue weighted by Gasteiger charge is -2.30. The Morgan fingerprint density at radius 1 is 1.16 bits per heavy atom. The molecule has 0 spiro atoms. The summed E-state index contributed by atoms with van der Waals surface area (Å²) in [6, 6.07) is 8.07. The molecule has 2 atom stereocenters. The number of aliphatic hydroxyl groups is 1.